The van der Waals surface area contributed by atoms with Crippen LogP contribution in [0.4, 0.5) is 11.4 Å². The van der Waals surface area contributed by atoms with Crippen LogP contribution in [0.5, 0.6) is 0 Å². The van der Waals surface area contributed by atoms with E-state index < -0.39 is 0 Å². The predicted molar refractivity (Wildman–Crippen MR) is 66.0 cm³/mol. The number of carbonyl (C=O) groups is 1. The maximum atomic E-state index is 11.4. The molecule has 0 aliphatic heterocycles. The molecule has 6 heteroatoms. The van der Waals surface area contributed by atoms with Gasteiger partial charge in [0.15, 0.2) is 0 Å². The molecule has 0 bridgehead atoms. The summed E-state index contributed by atoms with van der Waals surface area (Å²) >= 11 is 3.32. The van der Waals surface area contributed by atoms with E-state index in [0.29, 0.717) is 17.4 Å². The Labute approximate surface area is 102 Å². The highest BCUT2D eigenvalue weighted by molar-refractivity contribution is 9.10. The van der Waals surface area contributed by atoms with E-state index in [2.05, 4.69) is 31.5 Å². The van der Waals surface area contributed by atoms with E-state index in [-0.39, 0.29) is 12.5 Å². The highest BCUT2D eigenvalue weighted by Crippen LogP contribution is 2.26. The molecular weight excluding hydrogens is 272 g/mol. The first-order valence-electron chi connectivity index (χ1n) is 5.09. The molecule has 0 atom stereocenters. The van der Waals surface area contributed by atoms with Crippen LogP contribution in [0, 0.1) is 0 Å². The standard InChI is InChI=1S/C10H13BrN4O/c11-7-3-13-4-8(12)10(7)14-5-9(16)15-6-1-2-6/h3-4,6H,1-2,5,12H2,(H,13,14)(H,15,16). The van der Waals surface area contributed by atoms with E-state index in [4.69, 9.17) is 5.73 Å². The lowest BCUT2D eigenvalue weighted by atomic mass is 10.3. The normalized spacial score (nSPS) is 14.6. The van der Waals surface area contributed by atoms with Crippen LogP contribution in [0.3, 0.4) is 0 Å². The van der Waals surface area contributed by atoms with Crippen molar-refractivity contribution in [3.05, 3.63) is 16.9 Å². The number of amides is 1. The summed E-state index contributed by atoms with van der Waals surface area (Å²) in [6, 6.07) is 0.382. The van der Waals surface area contributed by atoms with Crippen molar-refractivity contribution in [3.63, 3.8) is 0 Å². The number of nitrogens with one attached hydrogen (secondary N) is 2. The number of nitrogen functional groups attached to an aromatic ring is 1. The molecule has 1 amide bonds. The zero-order chi connectivity index (χ0) is 11.5. The van der Waals surface area contributed by atoms with Crippen molar-refractivity contribution in [3.8, 4) is 0 Å². The van der Waals surface area contributed by atoms with Crippen molar-refractivity contribution in [1.82, 2.24) is 10.3 Å². The number of aromatic nitrogens is 1. The van der Waals surface area contributed by atoms with Crippen LogP contribution in [-0.2, 0) is 4.79 Å². The quantitative estimate of drug-likeness (QED) is 0.774. The summed E-state index contributed by atoms with van der Waals surface area (Å²) < 4.78 is 0.756. The van der Waals surface area contributed by atoms with Gasteiger partial charge in [-0.2, -0.15) is 0 Å². The Balaban J connectivity index is 1.90. The van der Waals surface area contributed by atoms with Gasteiger partial charge >= 0.3 is 0 Å². The molecule has 1 aliphatic rings. The van der Waals surface area contributed by atoms with Crippen LogP contribution in [0.2, 0.25) is 0 Å². The zero-order valence-electron chi connectivity index (χ0n) is 8.66. The third-order valence-corrected chi connectivity index (χ3v) is 2.90. The molecule has 0 unspecified atom stereocenters. The van der Waals surface area contributed by atoms with Gasteiger partial charge in [-0.25, -0.2) is 0 Å². The van der Waals surface area contributed by atoms with Crippen molar-refractivity contribution in [1.29, 1.82) is 0 Å². The SMILES string of the molecule is Nc1cncc(Br)c1NCC(=O)NC1CC1. The molecule has 5 nitrogen and oxygen atoms in total. The van der Waals surface area contributed by atoms with Crippen molar-refractivity contribution in [2.45, 2.75) is 18.9 Å². The van der Waals surface area contributed by atoms with Gasteiger partial charge < -0.3 is 16.4 Å². The maximum absolute atomic E-state index is 11.4. The summed E-state index contributed by atoms with van der Waals surface area (Å²) in [5, 5.41) is 5.88. The minimum atomic E-state index is -0.00869. The highest BCUT2D eigenvalue weighted by atomic mass is 79.9. The molecular formula is C10H13BrN4O. The molecule has 1 saturated carbocycles. The second-order valence-corrected chi connectivity index (χ2v) is 4.64. The number of anilines is 2. The summed E-state index contributed by atoms with van der Waals surface area (Å²) in [6.07, 6.45) is 5.36. The predicted octanol–water partition coefficient (Wildman–Crippen LogP) is 1.12. The molecule has 1 aliphatic carbocycles. The van der Waals surface area contributed by atoms with Crippen molar-refractivity contribution >= 4 is 33.2 Å². The van der Waals surface area contributed by atoms with Gasteiger partial charge in [-0.1, -0.05) is 0 Å². The lowest BCUT2D eigenvalue weighted by molar-refractivity contribution is -0.119. The van der Waals surface area contributed by atoms with Gasteiger partial charge in [0.1, 0.15) is 0 Å². The molecule has 2 rings (SSSR count). The second-order valence-electron chi connectivity index (χ2n) is 3.78. The van der Waals surface area contributed by atoms with Crippen LogP contribution >= 0.6 is 15.9 Å². The molecule has 0 aromatic carbocycles. The Bertz CT molecular complexity index is 386. The molecule has 1 aromatic heterocycles. The van der Waals surface area contributed by atoms with Crippen molar-refractivity contribution in [2.75, 3.05) is 17.6 Å². The number of pyridine rings is 1. The Morgan fingerprint density at radius 3 is 2.94 bits per heavy atom. The van der Waals surface area contributed by atoms with Crippen LogP contribution in [0.25, 0.3) is 0 Å². The summed E-state index contributed by atoms with van der Waals surface area (Å²) in [6.45, 7) is 0.226. The lowest BCUT2D eigenvalue weighted by Gasteiger charge is -2.10. The van der Waals surface area contributed by atoms with E-state index in [1.807, 2.05) is 0 Å². The smallest absolute Gasteiger partial charge is 0.239 e. The Morgan fingerprint density at radius 2 is 2.31 bits per heavy atom. The molecule has 1 aromatic rings. The molecule has 4 N–H and O–H groups in total. The first-order valence-corrected chi connectivity index (χ1v) is 5.88. The number of rotatable bonds is 4. The fraction of sp³-hybridized carbons (Fsp3) is 0.400. The van der Waals surface area contributed by atoms with E-state index in [1.54, 1.807) is 12.4 Å². The van der Waals surface area contributed by atoms with E-state index in [0.717, 1.165) is 17.3 Å². The van der Waals surface area contributed by atoms with Crippen LogP contribution in [-0.4, -0.2) is 23.5 Å². The number of halogens is 1. The number of hydrogen-bond donors (Lipinski definition) is 3. The average molecular weight is 285 g/mol. The number of nitrogens with two attached hydrogens (primary N) is 1. The van der Waals surface area contributed by atoms with Crippen LogP contribution in [0.1, 0.15) is 12.8 Å². The zero-order valence-corrected chi connectivity index (χ0v) is 10.3. The van der Waals surface area contributed by atoms with Gasteiger partial charge in [-0.15, -0.1) is 0 Å². The molecule has 1 heterocycles. The van der Waals surface area contributed by atoms with Gasteiger partial charge in [0.05, 0.1) is 28.6 Å². The topological polar surface area (TPSA) is 80.0 Å². The minimum Gasteiger partial charge on any atom is -0.396 e. The monoisotopic (exact) mass is 284 g/mol. The molecule has 0 radical (unpaired) electrons. The lowest BCUT2D eigenvalue weighted by Crippen LogP contribution is -2.31. The molecule has 1 fully saturated rings. The number of hydrogen-bond acceptors (Lipinski definition) is 4. The van der Waals surface area contributed by atoms with Gasteiger partial charge in [0, 0.05) is 12.2 Å². The van der Waals surface area contributed by atoms with Crippen LogP contribution < -0.4 is 16.4 Å². The summed E-state index contributed by atoms with van der Waals surface area (Å²) in [5.41, 5.74) is 6.97. The van der Waals surface area contributed by atoms with Crippen molar-refractivity contribution < 1.29 is 4.79 Å². The maximum Gasteiger partial charge on any atom is 0.239 e. The number of carbonyl (C=O) groups excluding carboxylic acids is 1. The van der Waals surface area contributed by atoms with Gasteiger partial charge in [-0.05, 0) is 28.8 Å². The van der Waals surface area contributed by atoms with E-state index >= 15 is 0 Å². The third-order valence-electron chi connectivity index (χ3n) is 2.30. The van der Waals surface area contributed by atoms with E-state index in [9.17, 15) is 4.79 Å². The Morgan fingerprint density at radius 1 is 1.56 bits per heavy atom. The summed E-state index contributed by atoms with van der Waals surface area (Å²) in [5.74, 6) is -0.00869. The first kappa shape index (κ1) is 11.2. The van der Waals surface area contributed by atoms with Gasteiger partial charge in [0.2, 0.25) is 5.91 Å². The highest BCUT2D eigenvalue weighted by Gasteiger charge is 2.22. The summed E-state index contributed by atoms with van der Waals surface area (Å²) in [7, 11) is 0. The Hall–Kier alpha value is -1.30. The minimum absolute atomic E-state index is 0.00869. The van der Waals surface area contributed by atoms with Gasteiger partial charge in [-0.3, -0.25) is 9.78 Å². The second kappa shape index (κ2) is 4.69. The molecule has 86 valence electrons. The molecule has 0 saturated heterocycles. The first-order chi connectivity index (χ1) is 7.66. The fourth-order valence-electron chi connectivity index (χ4n) is 1.31. The third kappa shape index (κ3) is 2.85. The van der Waals surface area contributed by atoms with E-state index in [1.165, 1.54) is 0 Å². The number of nitrogens with zero attached hydrogens (tertiary/aromatic N) is 1. The average Bonchev–Trinajstić information content (AvgIpc) is 3.01. The van der Waals surface area contributed by atoms with Crippen LogP contribution in [0.15, 0.2) is 16.9 Å². The molecule has 0 spiro atoms. The largest absolute Gasteiger partial charge is 0.396 e. The fourth-order valence-corrected chi connectivity index (χ4v) is 1.80. The van der Waals surface area contributed by atoms with Gasteiger partial charge in [0.25, 0.3) is 0 Å². The van der Waals surface area contributed by atoms with Crippen molar-refractivity contribution in [2.24, 2.45) is 0 Å². The molecule has 16 heavy (non-hydrogen) atoms. The summed E-state index contributed by atoms with van der Waals surface area (Å²) in [4.78, 5) is 15.4. The Kier molecular flexibility index (Phi) is 3.28.